The topological polar surface area (TPSA) is 104 Å². The number of fused-ring (bicyclic) bond motifs is 1. The lowest BCUT2D eigenvalue weighted by molar-refractivity contribution is -0.132. The van der Waals surface area contributed by atoms with E-state index in [1.54, 1.807) is 0 Å². The molecule has 2 unspecified atom stereocenters. The van der Waals surface area contributed by atoms with Crippen LogP contribution in [0.2, 0.25) is 0 Å². The van der Waals surface area contributed by atoms with Gasteiger partial charge >= 0.3 is 0 Å². The van der Waals surface area contributed by atoms with Gasteiger partial charge in [0.15, 0.2) is 38.4 Å². The summed E-state index contributed by atoms with van der Waals surface area (Å²) in [4.78, 5) is 15.1. The van der Waals surface area contributed by atoms with E-state index in [-0.39, 0.29) is 41.4 Å². The number of hydrogen-bond acceptors (Lipinski definition) is 8. The molecule has 2 fully saturated rings. The van der Waals surface area contributed by atoms with Crippen LogP contribution in [0.5, 0.6) is 11.5 Å². The molecular formula is C22H28N4O5S2. The van der Waals surface area contributed by atoms with Gasteiger partial charge in [-0.1, -0.05) is 36.7 Å². The summed E-state index contributed by atoms with van der Waals surface area (Å²) in [5.74, 6) is 2.43. The highest BCUT2D eigenvalue weighted by atomic mass is 32.2. The maximum absolute atomic E-state index is 13.3. The molecule has 1 aromatic carbocycles. The van der Waals surface area contributed by atoms with E-state index >= 15 is 0 Å². The molecule has 1 saturated carbocycles. The van der Waals surface area contributed by atoms with Crippen LogP contribution in [-0.2, 0) is 21.7 Å². The fourth-order valence-corrected chi connectivity index (χ4v) is 7.46. The van der Waals surface area contributed by atoms with Crippen molar-refractivity contribution in [2.24, 2.45) is 7.05 Å². The predicted molar refractivity (Wildman–Crippen MR) is 123 cm³/mol. The Kier molecular flexibility index (Phi) is 6.26. The Morgan fingerprint density at radius 1 is 1.15 bits per heavy atom. The summed E-state index contributed by atoms with van der Waals surface area (Å²) in [6.45, 7) is 0.332. The van der Waals surface area contributed by atoms with E-state index in [9.17, 15) is 13.2 Å². The quantitative estimate of drug-likeness (QED) is 0.566. The number of para-hydroxylation sites is 2. The van der Waals surface area contributed by atoms with Gasteiger partial charge in [-0.15, -0.1) is 10.2 Å². The first-order valence-electron chi connectivity index (χ1n) is 11.3. The molecule has 0 radical (unpaired) electrons. The van der Waals surface area contributed by atoms with E-state index in [0.717, 1.165) is 25.7 Å². The summed E-state index contributed by atoms with van der Waals surface area (Å²) in [6.07, 6.45) is 4.20. The first-order chi connectivity index (χ1) is 15.9. The summed E-state index contributed by atoms with van der Waals surface area (Å²) >= 11 is 1.32. The van der Waals surface area contributed by atoms with Crippen molar-refractivity contribution in [2.75, 3.05) is 23.9 Å². The number of sulfone groups is 1. The van der Waals surface area contributed by atoms with Crippen molar-refractivity contribution in [3.63, 3.8) is 0 Å². The Hall–Kier alpha value is -2.27. The molecule has 5 rings (SSSR count). The molecule has 3 heterocycles. The van der Waals surface area contributed by atoms with Gasteiger partial charge in [0, 0.05) is 19.1 Å². The van der Waals surface area contributed by atoms with Gasteiger partial charge in [-0.05, 0) is 31.4 Å². The molecule has 1 aromatic heterocycles. The van der Waals surface area contributed by atoms with Crippen LogP contribution in [-0.4, -0.2) is 69.9 Å². The van der Waals surface area contributed by atoms with Crippen LogP contribution in [0.25, 0.3) is 0 Å². The number of nitrogens with zero attached hydrogens (tertiary/aromatic N) is 4. The molecule has 33 heavy (non-hydrogen) atoms. The van der Waals surface area contributed by atoms with Crippen LogP contribution in [0, 0.1) is 0 Å². The SMILES string of the molecule is Cn1c(SCC(=O)N(C2CCCC2)C2CCS(=O)(=O)C2)nnc1C1COc2ccccc2O1. The van der Waals surface area contributed by atoms with Crippen molar-refractivity contribution in [2.45, 2.75) is 55.4 Å². The van der Waals surface area contributed by atoms with Crippen LogP contribution in [0.1, 0.15) is 44.0 Å². The Balaban J connectivity index is 1.26. The predicted octanol–water partition coefficient (Wildman–Crippen LogP) is 2.38. The van der Waals surface area contributed by atoms with Crippen LogP contribution < -0.4 is 9.47 Å². The average Bonchev–Trinajstić information content (AvgIpc) is 3.53. The van der Waals surface area contributed by atoms with Gasteiger partial charge in [0.25, 0.3) is 0 Å². The fourth-order valence-electron chi connectivity index (χ4n) is 4.96. The van der Waals surface area contributed by atoms with E-state index in [1.807, 2.05) is 40.8 Å². The van der Waals surface area contributed by atoms with E-state index < -0.39 is 9.84 Å². The third-order valence-corrected chi connectivity index (χ3v) is 9.35. The van der Waals surface area contributed by atoms with Crippen LogP contribution >= 0.6 is 11.8 Å². The molecule has 2 aromatic rings. The minimum absolute atomic E-state index is 0.0234. The van der Waals surface area contributed by atoms with Crippen molar-refractivity contribution in [1.29, 1.82) is 0 Å². The lowest BCUT2D eigenvalue weighted by Gasteiger charge is -2.34. The van der Waals surface area contributed by atoms with Crippen molar-refractivity contribution in [1.82, 2.24) is 19.7 Å². The molecule has 3 aliphatic rings. The molecule has 2 aliphatic heterocycles. The zero-order valence-corrected chi connectivity index (χ0v) is 20.2. The van der Waals surface area contributed by atoms with E-state index in [0.29, 0.717) is 35.5 Å². The number of ether oxygens (including phenoxy) is 2. The Morgan fingerprint density at radius 3 is 2.64 bits per heavy atom. The van der Waals surface area contributed by atoms with Crippen molar-refractivity contribution < 1.29 is 22.7 Å². The average molecular weight is 493 g/mol. The van der Waals surface area contributed by atoms with Crippen LogP contribution in [0.4, 0.5) is 0 Å². The number of hydrogen-bond donors (Lipinski definition) is 0. The van der Waals surface area contributed by atoms with Gasteiger partial charge in [0.05, 0.1) is 17.3 Å². The highest BCUT2D eigenvalue weighted by Crippen LogP contribution is 2.36. The normalized spacial score (nSPS) is 24.2. The highest BCUT2D eigenvalue weighted by molar-refractivity contribution is 7.99. The molecule has 0 N–H and O–H groups in total. The fraction of sp³-hybridized carbons (Fsp3) is 0.591. The third-order valence-electron chi connectivity index (χ3n) is 6.60. The van der Waals surface area contributed by atoms with Crippen LogP contribution in [0.3, 0.4) is 0 Å². The molecule has 0 spiro atoms. The van der Waals surface area contributed by atoms with Gasteiger partial charge < -0.3 is 18.9 Å². The summed E-state index contributed by atoms with van der Waals surface area (Å²) in [5.41, 5.74) is 0. The number of aromatic nitrogens is 3. The summed E-state index contributed by atoms with van der Waals surface area (Å²) in [7, 11) is -1.21. The first kappa shape index (κ1) is 22.5. The zero-order valence-electron chi connectivity index (χ0n) is 18.6. The number of benzene rings is 1. The summed E-state index contributed by atoms with van der Waals surface area (Å²) in [5, 5.41) is 9.18. The van der Waals surface area contributed by atoms with Gasteiger partial charge in [-0.25, -0.2) is 8.42 Å². The van der Waals surface area contributed by atoms with Crippen molar-refractivity contribution >= 4 is 27.5 Å². The second kappa shape index (κ2) is 9.17. The lowest BCUT2D eigenvalue weighted by Crippen LogP contribution is -2.47. The lowest BCUT2D eigenvalue weighted by atomic mass is 10.1. The Morgan fingerprint density at radius 2 is 1.91 bits per heavy atom. The first-order valence-corrected chi connectivity index (χ1v) is 14.1. The van der Waals surface area contributed by atoms with E-state index in [4.69, 9.17) is 9.47 Å². The molecule has 1 saturated heterocycles. The number of thioether (sulfide) groups is 1. The number of carbonyl (C=O) groups excluding carboxylic acids is 1. The minimum atomic E-state index is -3.06. The maximum atomic E-state index is 13.3. The number of carbonyl (C=O) groups is 1. The number of amides is 1. The van der Waals surface area contributed by atoms with Gasteiger partial charge in [0.1, 0.15) is 6.61 Å². The van der Waals surface area contributed by atoms with Crippen molar-refractivity contribution in [3.05, 3.63) is 30.1 Å². The third kappa shape index (κ3) is 4.70. The monoisotopic (exact) mass is 492 g/mol. The minimum Gasteiger partial charge on any atom is -0.485 e. The molecule has 178 valence electrons. The summed E-state index contributed by atoms with van der Waals surface area (Å²) < 4.78 is 37.8. The maximum Gasteiger partial charge on any atom is 0.233 e. The van der Waals surface area contributed by atoms with Gasteiger partial charge in [-0.3, -0.25) is 4.79 Å². The van der Waals surface area contributed by atoms with Crippen molar-refractivity contribution in [3.8, 4) is 11.5 Å². The smallest absolute Gasteiger partial charge is 0.233 e. The van der Waals surface area contributed by atoms with E-state index in [2.05, 4.69) is 10.2 Å². The van der Waals surface area contributed by atoms with E-state index in [1.165, 1.54) is 11.8 Å². The summed E-state index contributed by atoms with van der Waals surface area (Å²) in [6, 6.07) is 7.42. The molecule has 0 bridgehead atoms. The molecular weight excluding hydrogens is 464 g/mol. The zero-order chi connectivity index (χ0) is 23.0. The van der Waals surface area contributed by atoms with Gasteiger partial charge in [-0.2, -0.15) is 0 Å². The van der Waals surface area contributed by atoms with Crippen LogP contribution in [0.15, 0.2) is 29.4 Å². The largest absolute Gasteiger partial charge is 0.485 e. The second-order valence-electron chi connectivity index (χ2n) is 8.85. The highest BCUT2D eigenvalue weighted by Gasteiger charge is 2.39. The standard InChI is InChI=1S/C22H28N4O5S2/c1-25-21(19-12-30-17-8-4-5-9-18(17)31-19)23-24-22(25)32-13-20(27)26(15-6-2-3-7-15)16-10-11-33(28,29)14-16/h4-5,8-9,15-16,19H,2-3,6-7,10-14H2,1H3. The molecule has 2 atom stereocenters. The molecule has 1 aliphatic carbocycles. The molecule has 9 nitrogen and oxygen atoms in total. The number of rotatable bonds is 6. The molecule has 11 heteroatoms. The Bertz CT molecular complexity index is 1130. The Labute approximate surface area is 197 Å². The molecule has 1 amide bonds. The second-order valence-corrected chi connectivity index (χ2v) is 12.0. The van der Waals surface area contributed by atoms with Gasteiger partial charge in [0.2, 0.25) is 5.91 Å².